The normalized spacial score (nSPS) is 18.7. The fraction of sp³-hybridized carbons (Fsp3) is 0.692. The summed E-state index contributed by atoms with van der Waals surface area (Å²) in [5.41, 5.74) is 0.186. The van der Waals surface area contributed by atoms with Crippen molar-refractivity contribution < 1.29 is 19.4 Å². The van der Waals surface area contributed by atoms with Gasteiger partial charge in [0.25, 0.3) is 0 Å². The number of carboxylic acid groups (broad SMARTS) is 1. The number of hydrogen-bond donors (Lipinski definition) is 3. The molecule has 2 fully saturated rings. The zero-order chi connectivity index (χ0) is 23.4. The van der Waals surface area contributed by atoms with Crippen LogP contribution in [0, 0.1) is 0 Å². The van der Waals surface area contributed by atoms with Crippen LogP contribution < -0.4 is 10.6 Å². The van der Waals surface area contributed by atoms with E-state index in [-0.39, 0.29) is 6.42 Å². The minimum atomic E-state index is -1.09. The molecule has 2 saturated carbocycles. The van der Waals surface area contributed by atoms with Crippen LogP contribution in [-0.4, -0.2) is 40.9 Å². The molecular weight excluding hydrogens is 404 g/mol. The molecule has 2 aliphatic carbocycles. The molecule has 1 unspecified atom stereocenters. The summed E-state index contributed by atoms with van der Waals surface area (Å²) in [6, 6.07) is 9.86. The van der Waals surface area contributed by atoms with Crippen LogP contribution in [0.2, 0.25) is 0 Å². The van der Waals surface area contributed by atoms with Crippen molar-refractivity contribution in [3.05, 3.63) is 35.9 Å². The molecule has 3 rings (SSSR count). The number of carbonyl (C=O) groups is 2. The summed E-state index contributed by atoms with van der Waals surface area (Å²) in [7, 11) is 0. The highest BCUT2D eigenvalue weighted by atomic mass is 16.6. The molecule has 0 saturated heterocycles. The molecule has 1 aromatic carbocycles. The molecule has 1 amide bonds. The summed E-state index contributed by atoms with van der Waals surface area (Å²) < 4.78 is 5.04. The predicted octanol–water partition coefficient (Wildman–Crippen LogP) is 5.45. The van der Waals surface area contributed by atoms with Crippen molar-refractivity contribution in [3.63, 3.8) is 0 Å². The first-order valence-corrected chi connectivity index (χ1v) is 12.3. The van der Waals surface area contributed by atoms with Gasteiger partial charge in [0.05, 0.1) is 0 Å². The summed E-state index contributed by atoms with van der Waals surface area (Å²) in [4.78, 5) is 22.7. The lowest BCUT2D eigenvalue weighted by molar-refractivity contribution is -0.139. The van der Waals surface area contributed by atoms with Gasteiger partial charge in [-0.15, -0.1) is 0 Å². The van der Waals surface area contributed by atoms with Crippen LogP contribution in [0.15, 0.2) is 30.3 Å². The third kappa shape index (κ3) is 11.0. The largest absolute Gasteiger partial charge is 0.480 e. The van der Waals surface area contributed by atoms with E-state index in [0.717, 1.165) is 17.6 Å². The lowest BCUT2D eigenvalue weighted by Gasteiger charge is -2.30. The van der Waals surface area contributed by atoms with Gasteiger partial charge in [-0.05, 0) is 52.0 Å². The van der Waals surface area contributed by atoms with E-state index in [1.54, 1.807) is 20.8 Å². The van der Waals surface area contributed by atoms with Gasteiger partial charge in [0, 0.05) is 18.5 Å². The summed E-state index contributed by atoms with van der Waals surface area (Å²) in [6.07, 6.45) is 14.1. The van der Waals surface area contributed by atoms with Gasteiger partial charge in [-0.2, -0.15) is 0 Å². The molecule has 6 nitrogen and oxygen atoms in total. The van der Waals surface area contributed by atoms with Crippen molar-refractivity contribution in [2.75, 3.05) is 0 Å². The van der Waals surface area contributed by atoms with Crippen molar-refractivity contribution in [3.8, 4) is 0 Å². The number of carboxylic acids is 1. The Balaban J connectivity index is 0.000000242. The van der Waals surface area contributed by atoms with Gasteiger partial charge in [-0.25, -0.2) is 9.59 Å². The molecule has 0 radical (unpaired) electrons. The number of benzene rings is 1. The maximum atomic E-state index is 11.6. The summed E-state index contributed by atoms with van der Waals surface area (Å²) in [5.74, 6) is -1.09. The Labute approximate surface area is 193 Å². The first-order chi connectivity index (χ1) is 15.2. The highest BCUT2D eigenvalue weighted by Crippen LogP contribution is 2.22. The van der Waals surface area contributed by atoms with Crippen molar-refractivity contribution in [2.45, 2.75) is 115 Å². The molecule has 0 aliphatic heterocycles. The van der Waals surface area contributed by atoms with Crippen molar-refractivity contribution in [1.29, 1.82) is 0 Å². The third-order valence-electron chi connectivity index (χ3n) is 5.95. The van der Waals surface area contributed by atoms with E-state index in [0.29, 0.717) is 0 Å². The summed E-state index contributed by atoms with van der Waals surface area (Å²) in [5, 5.41) is 15.3. The second kappa shape index (κ2) is 13.5. The number of hydrogen-bond acceptors (Lipinski definition) is 4. The van der Waals surface area contributed by atoms with Gasteiger partial charge in [0.15, 0.2) is 0 Å². The van der Waals surface area contributed by atoms with Crippen LogP contribution in [0.1, 0.15) is 90.5 Å². The van der Waals surface area contributed by atoms with E-state index in [1.165, 1.54) is 64.2 Å². The Morgan fingerprint density at radius 2 is 1.44 bits per heavy atom. The maximum absolute atomic E-state index is 11.6. The van der Waals surface area contributed by atoms with Crippen LogP contribution in [0.25, 0.3) is 0 Å². The second-order valence-corrected chi connectivity index (χ2v) is 10.1. The Morgan fingerprint density at radius 1 is 0.938 bits per heavy atom. The molecule has 0 aromatic heterocycles. The molecule has 1 atom stereocenters. The third-order valence-corrected chi connectivity index (χ3v) is 5.95. The van der Waals surface area contributed by atoms with E-state index in [2.05, 4.69) is 10.6 Å². The Hall–Kier alpha value is -2.08. The molecule has 0 spiro atoms. The minimum absolute atomic E-state index is 0.218. The molecule has 6 heteroatoms. The number of rotatable bonds is 6. The zero-order valence-corrected chi connectivity index (χ0v) is 20.1. The first-order valence-electron chi connectivity index (χ1n) is 12.3. The first kappa shape index (κ1) is 26.2. The predicted molar refractivity (Wildman–Crippen MR) is 128 cm³/mol. The topological polar surface area (TPSA) is 87.7 Å². The van der Waals surface area contributed by atoms with E-state index in [1.807, 2.05) is 30.3 Å². The maximum Gasteiger partial charge on any atom is 0.408 e. The van der Waals surface area contributed by atoms with Gasteiger partial charge in [-0.3, -0.25) is 0 Å². The fourth-order valence-electron chi connectivity index (χ4n) is 4.37. The highest BCUT2D eigenvalue weighted by molar-refractivity contribution is 5.80. The van der Waals surface area contributed by atoms with Crippen LogP contribution in [0.4, 0.5) is 4.79 Å². The Bertz CT molecular complexity index is 659. The Kier molecular flexibility index (Phi) is 11.0. The van der Waals surface area contributed by atoms with Gasteiger partial charge in [-0.1, -0.05) is 68.9 Å². The highest BCUT2D eigenvalue weighted by Gasteiger charge is 2.24. The van der Waals surface area contributed by atoms with Gasteiger partial charge in [0.2, 0.25) is 0 Å². The molecule has 2 aliphatic rings. The van der Waals surface area contributed by atoms with E-state index in [9.17, 15) is 9.59 Å². The molecular formula is C26H42N2O4. The van der Waals surface area contributed by atoms with Crippen LogP contribution in [0.3, 0.4) is 0 Å². The van der Waals surface area contributed by atoms with Crippen molar-refractivity contribution >= 4 is 12.1 Å². The van der Waals surface area contributed by atoms with Gasteiger partial charge >= 0.3 is 12.1 Å². The molecule has 3 N–H and O–H groups in total. The molecule has 0 heterocycles. The molecule has 32 heavy (non-hydrogen) atoms. The average molecular weight is 447 g/mol. The zero-order valence-electron chi connectivity index (χ0n) is 20.1. The van der Waals surface area contributed by atoms with E-state index in [4.69, 9.17) is 9.84 Å². The Morgan fingerprint density at radius 3 is 1.88 bits per heavy atom. The number of ether oxygens (including phenoxy) is 1. The van der Waals surface area contributed by atoms with Crippen LogP contribution >= 0.6 is 0 Å². The molecule has 180 valence electrons. The molecule has 1 aromatic rings. The number of alkyl carbamates (subject to hydrolysis) is 1. The van der Waals surface area contributed by atoms with Gasteiger partial charge < -0.3 is 20.5 Å². The monoisotopic (exact) mass is 446 g/mol. The summed E-state index contributed by atoms with van der Waals surface area (Å²) >= 11 is 0. The lowest BCUT2D eigenvalue weighted by atomic mass is 9.91. The van der Waals surface area contributed by atoms with E-state index >= 15 is 0 Å². The summed E-state index contributed by atoms with van der Waals surface area (Å²) in [6.45, 7) is 5.17. The van der Waals surface area contributed by atoms with Crippen LogP contribution in [0.5, 0.6) is 0 Å². The van der Waals surface area contributed by atoms with Crippen LogP contribution in [-0.2, 0) is 16.0 Å². The van der Waals surface area contributed by atoms with Gasteiger partial charge in [0.1, 0.15) is 11.6 Å². The lowest BCUT2D eigenvalue weighted by Crippen LogP contribution is -2.44. The fourth-order valence-corrected chi connectivity index (χ4v) is 4.37. The van der Waals surface area contributed by atoms with Crippen molar-refractivity contribution in [2.24, 2.45) is 0 Å². The standard InChI is InChI=1S/C14H19NO4.C12H23N/c1-14(2,3)19-13(18)15-11(12(16)17)9-10-7-5-4-6-8-10;1-3-7-11(8-4-1)13-12-9-5-2-6-10-12/h4-8,11H,9H2,1-3H3,(H,15,18)(H,16,17);11-13H,1-10H2. The number of amides is 1. The molecule has 0 bridgehead atoms. The van der Waals surface area contributed by atoms with Crippen molar-refractivity contribution in [1.82, 2.24) is 10.6 Å². The van der Waals surface area contributed by atoms with E-state index < -0.39 is 23.7 Å². The number of nitrogens with one attached hydrogen (secondary N) is 2. The second-order valence-electron chi connectivity index (χ2n) is 10.1. The number of carbonyl (C=O) groups excluding carboxylic acids is 1. The smallest absolute Gasteiger partial charge is 0.408 e. The quantitative estimate of drug-likeness (QED) is 0.541. The number of aliphatic carboxylic acids is 1. The minimum Gasteiger partial charge on any atom is -0.480 e. The SMILES string of the molecule is C1CCC(NC2CCCCC2)CC1.CC(C)(C)OC(=O)NC(Cc1ccccc1)C(=O)O. The average Bonchev–Trinajstić information content (AvgIpc) is 2.75.